The van der Waals surface area contributed by atoms with E-state index in [4.69, 9.17) is 16.3 Å². The summed E-state index contributed by atoms with van der Waals surface area (Å²) in [5, 5.41) is 3.19. The number of rotatable bonds is 2. The van der Waals surface area contributed by atoms with Crippen LogP contribution in [0.25, 0.3) is 0 Å². The van der Waals surface area contributed by atoms with E-state index >= 15 is 0 Å². The Morgan fingerprint density at radius 1 is 1.35 bits per heavy atom. The summed E-state index contributed by atoms with van der Waals surface area (Å²) in [4.78, 5) is 16.1. The van der Waals surface area contributed by atoms with Crippen molar-refractivity contribution in [1.82, 2.24) is 4.98 Å². The molecule has 2 heterocycles. The van der Waals surface area contributed by atoms with Crippen molar-refractivity contribution in [2.75, 3.05) is 11.9 Å². The second kappa shape index (κ2) is 5.51. The van der Waals surface area contributed by atoms with Gasteiger partial charge in [-0.25, -0.2) is 4.98 Å². The van der Waals surface area contributed by atoms with Gasteiger partial charge in [0.25, 0.3) is 0 Å². The van der Waals surface area contributed by atoms with E-state index in [1.54, 1.807) is 18.3 Å². The predicted molar refractivity (Wildman–Crippen MR) is 77.0 cm³/mol. The summed E-state index contributed by atoms with van der Waals surface area (Å²) < 4.78 is 5.62. The third kappa shape index (κ3) is 2.75. The number of benzene rings is 1. The maximum atomic E-state index is 12.2. The van der Waals surface area contributed by atoms with Gasteiger partial charge in [-0.1, -0.05) is 29.8 Å². The fourth-order valence-electron chi connectivity index (χ4n) is 2.22. The third-order valence-corrected chi connectivity index (χ3v) is 3.45. The average Bonchev–Trinajstić information content (AvgIpc) is 2.47. The Kier molecular flexibility index (Phi) is 3.56. The van der Waals surface area contributed by atoms with Crippen LogP contribution in [0.5, 0.6) is 5.75 Å². The molecule has 3 rings (SSSR count). The van der Waals surface area contributed by atoms with Crippen molar-refractivity contribution in [2.24, 2.45) is 5.92 Å². The van der Waals surface area contributed by atoms with E-state index in [2.05, 4.69) is 10.3 Å². The van der Waals surface area contributed by atoms with E-state index in [9.17, 15) is 4.79 Å². The van der Waals surface area contributed by atoms with Crippen molar-refractivity contribution in [3.63, 3.8) is 0 Å². The Morgan fingerprint density at radius 2 is 2.20 bits per heavy atom. The number of pyridine rings is 1. The molecule has 1 N–H and O–H groups in total. The van der Waals surface area contributed by atoms with Gasteiger partial charge in [-0.3, -0.25) is 4.79 Å². The molecule has 0 radical (unpaired) electrons. The largest absolute Gasteiger partial charge is 0.492 e. The summed E-state index contributed by atoms with van der Waals surface area (Å²) in [6.45, 7) is 0.391. The number of halogens is 1. The number of aromatic nitrogens is 1. The van der Waals surface area contributed by atoms with Crippen LogP contribution in [0.3, 0.4) is 0 Å². The van der Waals surface area contributed by atoms with Crippen molar-refractivity contribution in [2.45, 2.75) is 6.42 Å². The normalized spacial score (nSPS) is 16.9. The fraction of sp³-hybridized carbons (Fsp3) is 0.200. The molecule has 1 aromatic carbocycles. The van der Waals surface area contributed by atoms with Crippen LogP contribution in [-0.2, 0) is 11.2 Å². The highest BCUT2D eigenvalue weighted by molar-refractivity contribution is 6.29. The van der Waals surface area contributed by atoms with Gasteiger partial charge in [0, 0.05) is 11.9 Å². The summed E-state index contributed by atoms with van der Waals surface area (Å²) in [5.74, 6) is 0.599. The van der Waals surface area contributed by atoms with E-state index < -0.39 is 0 Å². The van der Waals surface area contributed by atoms with Crippen molar-refractivity contribution in [3.05, 3.63) is 53.3 Å². The van der Waals surface area contributed by atoms with Crippen LogP contribution >= 0.6 is 11.6 Å². The Bertz CT molecular complexity index is 645. The van der Waals surface area contributed by atoms with Gasteiger partial charge in [0.2, 0.25) is 5.91 Å². The lowest BCUT2D eigenvalue weighted by molar-refractivity contribution is -0.121. The Labute approximate surface area is 121 Å². The molecule has 1 atom stereocenters. The smallest absolute Gasteiger partial charge is 0.231 e. The van der Waals surface area contributed by atoms with Crippen molar-refractivity contribution in [1.29, 1.82) is 0 Å². The zero-order valence-electron chi connectivity index (χ0n) is 10.7. The number of anilines is 1. The molecule has 0 bridgehead atoms. The molecular weight excluding hydrogens is 276 g/mol. The molecule has 0 spiro atoms. The van der Waals surface area contributed by atoms with E-state index in [1.807, 2.05) is 24.3 Å². The van der Waals surface area contributed by atoms with Crippen molar-refractivity contribution in [3.8, 4) is 5.75 Å². The molecule has 0 aliphatic carbocycles. The van der Waals surface area contributed by atoms with Gasteiger partial charge in [-0.05, 0) is 30.2 Å². The molecule has 1 aliphatic heterocycles. The highest BCUT2D eigenvalue weighted by atomic mass is 35.5. The Balaban J connectivity index is 1.70. The molecule has 1 aliphatic rings. The number of fused-ring (bicyclic) bond motifs is 1. The van der Waals surface area contributed by atoms with Gasteiger partial charge >= 0.3 is 0 Å². The summed E-state index contributed by atoms with van der Waals surface area (Å²) in [6.07, 6.45) is 2.24. The van der Waals surface area contributed by atoms with E-state index in [0.717, 1.165) is 11.3 Å². The monoisotopic (exact) mass is 288 g/mol. The molecule has 1 unspecified atom stereocenters. The second-order valence-electron chi connectivity index (χ2n) is 4.68. The number of ether oxygens (including phenoxy) is 1. The maximum absolute atomic E-state index is 12.2. The highest BCUT2D eigenvalue weighted by Crippen LogP contribution is 2.27. The number of nitrogens with zero attached hydrogens (tertiary/aromatic N) is 1. The number of carbonyl (C=O) groups is 1. The minimum Gasteiger partial charge on any atom is -0.492 e. The van der Waals surface area contributed by atoms with E-state index in [0.29, 0.717) is 23.9 Å². The molecule has 102 valence electrons. The Morgan fingerprint density at radius 3 is 3.05 bits per heavy atom. The van der Waals surface area contributed by atoms with Crippen LogP contribution in [0.2, 0.25) is 5.15 Å². The van der Waals surface area contributed by atoms with Gasteiger partial charge in [-0.15, -0.1) is 0 Å². The Hall–Kier alpha value is -2.07. The number of hydrogen-bond acceptors (Lipinski definition) is 3. The summed E-state index contributed by atoms with van der Waals surface area (Å²) in [6, 6.07) is 11.1. The SMILES string of the molecule is O=C(Nc1ccnc(Cl)c1)C1COc2ccccc2C1. The van der Waals surface area contributed by atoms with Crippen LogP contribution in [0, 0.1) is 5.92 Å². The number of nitrogens with one attached hydrogen (secondary N) is 1. The zero-order valence-corrected chi connectivity index (χ0v) is 11.4. The van der Waals surface area contributed by atoms with Gasteiger partial charge in [0.1, 0.15) is 17.5 Å². The minimum absolute atomic E-state index is 0.0678. The molecule has 0 fully saturated rings. The first-order chi connectivity index (χ1) is 9.72. The quantitative estimate of drug-likeness (QED) is 0.865. The summed E-state index contributed by atoms with van der Waals surface area (Å²) in [7, 11) is 0. The minimum atomic E-state index is -0.197. The van der Waals surface area contributed by atoms with E-state index in [1.165, 1.54) is 0 Å². The first-order valence-electron chi connectivity index (χ1n) is 6.35. The lowest BCUT2D eigenvalue weighted by Crippen LogP contribution is -2.32. The first kappa shape index (κ1) is 12.9. The lowest BCUT2D eigenvalue weighted by Gasteiger charge is -2.24. The highest BCUT2D eigenvalue weighted by Gasteiger charge is 2.25. The second-order valence-corrected chi connectivity index (χ2v) is 5.06. The van der Waals surface area contributed by atoms with Crippen LogP contribution in [0.4, 0.5) is 5.69 Å². The van der Waals surface area contributed by atoms with Crippen LogP contribution in [-0.4, -0.2) is 17.5 Å². The predicted octanol–water partition coefficient (Wildman–Crippen LogP) is 2.92. The first-order valence-corrected chi connectivity index (χ1v) is 6.73. The van der Waals surface area contributed by atoms with Gasteiger partial charge in [-0.2, -0.15) is 0 Å². The van der Waals surface area contributed by atoms with Crippen molar-refractivity contribution < 1.29 is 9.53 Å². The van der Waals surface area contributed by atoms with Gasteiger partial charge in [0.05, 0.1) is 5.92 Å². The standard InChI is InChI=1S/C15H13ClN2O2/c16-14-8-12(5-6-17-14)18-15(19)11-7-10-3-1-2-4-13(10)20-9-11/h1-6,8,11H,7,9H2,(H,17,18,19). The average molecular weight is 289 g/mol. The van der Waals surface area contributed by atoms with Crippen LogP contribution in [0.15, 0.2) is 42.6 Å². The van der Waals surface area contributed by atoms with Gasteiger partial charge < -0.3 is 10.1 Å². The number of hydrogen-bond donors (Lipinski definition) is 1. The van der Waals surface area contributed by atoms with E-state index in [-0.39, 0.29) is 11.8 Å². The molecular formula is C15H13ClN2O2. The molecule has 0 saturated heterocycles. The number of para-hydroxylation sites is 1. The van der Waals surface area contributed by atoms with Crippen LogP contribution in [0.1, 0.15) is 5.56 Å². The summed E-state index contributed by atoms with van der Waals surface area (Å²) >= 11 is 5.79. The molecule has 5 heteroatoms. The fourth-order valence-corrected chi connectivity index (χ4v) is 2.39. The van der Waals surface area contributed by atoms with Crippen LogP contribution < -0.4 is 10.1 Å². The number of carbonyl (C=O) groups excluding carboxylic acids is 1. The molecule has 1 amide bonds. The lowest BCUT2D eigenvalue weighted by atomic mass is 9.96. The van der Waals surface area contributed by atoms with Crippen molar-refractivity contribution >= 4 is 23.2 Å². The molecule has 2 aromatic rings. The maximum Gasteiger partial charge on any atom is 0.231 e. The van der Waals surface area contributed by atoms with Gasteiger partial charge in [0.15, 0.2) is 0 Å². The zero-order chi connectivity index (χ0) is 13.9. The third-order valence-electron chi connectivity index (χ3n) is 3.24. The molecule has 20 heavy (non-hydrogen) atoms. The summed E-state index contributed by atoms with van der Waals surface area (Å²) in [5.41, 5.74) is 1.71. The topological polar surface area (TPSA) is 51.2 Å². The molecule has 1 aromatic heterocycles. The molecule has 0 saturated carbocycles. The molecule has 4 nitrogen and oxygen atoms in total. The number of amides is 1.